The number of carbonyl (C=O) groups is 2. The molecule has 2 rings (SSSR count). The Hall–Kier alpha value is -2.15. The van der Waals surface area contributed by atoms with Crippen LogP contribution in [0, 0.1) is 5.92 Å². The summed E-state index contributed by atoms with van der Waals surface area (Å²) in [6, 6.07) is 12.4. The van der Waals surface area contributed by atoms with E-state index in [4.69, 9.17) is 0 Å². The van der Waals surface area contributed by atoms with E-state index >= 15 is 0 Å². The van der Waals surface area contributed by atoms with Crippen molar-refractivity contribution in [1.82, 2.24) is 15.6 Å². The molecule has 26 heavy (non-hydrogen) atoms. The SMILES string of the molecule is CNCC(C)C(=O)Nc1cccc(C(=O)NCc2ccccn2)c1.Cl.Cl. The quantitative estimate of drug-likeness (QED) is 0.669. The molecule has 2 aromatic rings. The molecule has 3 N–H and O–H groups in total. The van der Waals surface area contributed by atoms with Crippen LogP contribution in [0.2, 0.25) is 0 Å². The molecule has 1 aromatic heterocycles. The highest BCUT2D eigenvalue weighted by Gasteiger charge is 2.13. The van der Waals surface area contributed by atoms with Crippen LogP contribution in [0.5, 0.6) is 0 Å². The Kier molecular flexibility index (Phi) is 11.2. The molecule has 0 aliphatic carbocycles. The van der Waals surface area contributed by atoms with Gasteiger partial charge in [-0.25, -0.2) is 0 Å². The van der Waals surface area contributed by atoms with Crippen molar-refractivity contribution in [3.63, 3.8) is 0 Å². The Balaban J connectivity index is 0.00000312. The van der Waals surface area contributed by atoms with Crippen LogP contribution in [0.25, 0.3) is 0 Å². The number of hydrogen-bond acceptors (Lipinski definition) is 4. The van der Waals surface area contributed by atoms with E-state index in [-0.39, 0.29) is 42.5 Å². The van der Waals surface area contributed by atoms with Crippen LogP contribution in [0.4, 0.5) is 5.69 Å². The summed E-state index contributed by atoms with van der Waals surface area (Å²) in [5, 5.41) is 8.60. The number of aromatic nitrogens is 1. The second-order valence-electron chi connectivity index (χ2n) is 5.53. The third kappa shape index (κ3) is 7.39. The van der Waals surface area contributed by atoms with Crippen molar-refractivity contribution in [2.24, 2.45) is 5.92 Å². The molecule has 8 heteroatoms. The van der Waals surface area contributed by atoms with Crippen LogP contribution >= 0.6 is 24.8 Å². The zero-order chi connectivity index (χ0) is 17.4. The standard InChI is InChI=1S/C18H22N4O2.2ClH/c1-13(11-19-2)17(23)22-15-8-5-6-14(10-15)18(24)21-12-16-7-3-4-9-20-16;;/h3-10,13,19H,11-12H2,1-2H3,(H,21,24)(H,22,23);2*1H. The molecule has 0 bridgehead atoms. The summed E-state index contributed by atoms with van der Waals surface area (Å²) in [6.45, 7) is 2.79. The van der Waals surface area contributed by atoms with E-state index < -0.39 is 0 Å². The van der Waals surface area contributed by atoms with Crippen molar-refractivity contribution in [2.75, 3.05) is 18.9 Å². The number of pyridine rings is 1. The fraction of sp³-hybridized carbons (Fsp3) is 0.278. The number of carbonyl (C=O) groups excluding carboxylic acids is 2. The van der Waals surface area contributed by atoms with Crippen molar-refractivity contribution in [3.05, 3.63) is 59.9 Å². The Bertz CT molecular complexity index is 699. The molecule has 1 unspecified atom stereocenters. The number of nitrogens with zero attached hydrogens (tertiary/aromatic N) is 1. The number of halogens is 2. The minimum atomic E-state index is -0.208. The predicted octanol–water partition coefficient (Wildman–Crippen LogP) is 2.65. The molecule has 1 heterocycles. The maximum absolute atomic E-state index is 12.2. The third-order valence-electron chi connectivity index (χ3n) is 3.51. The second kappa shape index (κ2) is 12.2. The van der Waals surface area contributed by atoms with Crippen molar-refractivity contribution in [3.8, 4) is 0 Å². The van der Waals surface area contributed by atoms with Gasteiger partial charge in [-0.1, -0.05) is 19.1 Å². The van der Waals surface area contributed by atoms with E-state index in [0.29, 0.717) is 24.3 Å². The molecule has 2 amide bonds. The lowest BCUT2D eigenvalue weighted by Crippen LogP contribution is -2.28. The maximum Gasteiger partial charge on any atom is 0.251 e. The number of anilines is 1. The van der Waals surface area contributed by atoms with Gasteiger partial charge in [-0.2, -0.15) is 0 Å². The number of amides is 2. The fourth-order valence-corrected chi connectivity index (χ4v) is 2.18. The summed E-state index contributed by atoms with van der Waals surface area (Å²) < 4.78 is 0. The van der Waals surface area contributed by atoms with Crippen molar-refractivity contribution in [2.45, 2.75) is 13.5 Å². The molecule has 142 valence electrons. The first-order valence-corrected chi connectivity index (χ1v) is 7.84. The van der Waals surface area contributed by atoms with Crippen LogP contribution in [-0.2, 0) is 11.3 Å². The van der Waals surface area contributed by atoms with Gasteiger partial charge in [-0.15, -0.1) is 24.8 Å². The first-order chi connectivity index (χ1) is 11.6. The molecule has 0 aliphatic rings. The summed E-state index contributed by atoms with van der Waals surface area (Å²) >= 11 is 0. The van der Waals surface area contributed by atoms with Crippen molar-refractivity contribution >= 4 is 42.3 Å². The van der Waals surface area contributed by atoms with Crippen LogP contribution in [-0.4, -0.2) is 30.4 Å². The Labute approximate surface area is 166 Å². The van der Waals surface area contributed by atoms with E-state index in [0.717, 1.165) is 5.69 Å². The molecular weight excluding hydrogens is 375 g/mol. The van der Waals surface area contributed by atoms with E-state index in [1.807, 2.05) is 25.1 Å². The van der Waals surface area contributed by atoms with Gasteiger partial charge >= 0.3 is 0 Å². The van der Waals surface area contributed by atoms with Gasteiger partial charge in [0.25, 0.3) is 5.91 Å². The number of nitrogens with one attached hydrogen (secondary N) is 3. The first kappa shape index (κ1) is 23.9. The number of benzene rings is 1. The normalized spacial score (nSPS) is 10.7. The van der Waals surface area contributed by atoms with Gasteiger partial charge in [-0.05, 0) is 37.4 Å². The zero-order valence-electron chi connectivity index (χ0n) is 14.7. The van der Waals surface area contributed by atoms with E-state index in [1.54, 1.807) is 37.5 Å². The monoisotopic (exact) mass is 398 g/mol. The number of hydrogen-bond donors (Lipinski definition) is 3. The Morgan fingerprint density at radius 1 is 1.12 bits per heavy atom. The summed E-state index contributed by atoms with van der Waals surface area (Å²) in [6.07, 6.45) is 1.68. The molecule has 0 saturated carbocycles. The van der Waals surface area contributed by atoms with Gasteiger partial charge in [0.05, 0.1) is 12.2 Å². The molecular formula is C18H24Cl2N4O2. The smallest absolute Gasteiger partial charge is 0.251 e. The zero-order valence-corrected chi connectivity index (χ0v) is 16.3. The molecule has 1 aromatic carbocycles. The fourth-order valence-electron chi connectivity index (χ4n) is 2.18. The van der Waals surface area contributed by atoms with Crippen LogP contribution in [0.1, 0.15) is 23.0 Å². The predicted molar refractivity (Wildman–Crippen MR) is 108 cm³/mol. The molecule has 0 aliphatic heterocycles. The van der Waals surface area contributed by atoms with Crippen LogP contribution in [0.15, 0.2) is 48.7 Å². The third-order valence-corrected chi connectivity index (χ3v) is 3.51. The van der Waals surface area contributed by atoms with Gasteiger partial charge in [0.15, 0.2) is 0 Å². The molecule has 0 spiro atoms. The van der Waals surface area contributed by atoms with Gasteiger partial charge in [0, 0.05) is 29.9 Å². The van der Waals surface area contributed by atoms with Gasteiger partial charge in [-0.3, -0.25) is 14.6 Å². The molecule has 0 radical (unpaired) electrons. The topological polar surface area (TPSA) is 83.1 Å². The summed E-state index contributed by atoms with van der Waals surface area (Å²) in [4.78, 5) is 28.4. The van der Waals surface area contributed by atoms with E-state index in [1.165, 1.54) is 0 Å². The lowest BCUT2D eigenvalue weighted by Gasteiger charge is -2.12. The Morgan fingerprint density at radius 3 is 2.54 bits per heavy atom. The maximum atomic E-state index is 12.2. The van der Waals surface area contributed by atoms with Gasteiger partial charge in [0.1, 0.15) is 0 Å². The summed E-state index contributed by atoms with van der Waals surface area (Å²) in [7, 11) is 1.80. The van der Waals surface area contributed by atoms with Gasteiger partial charge in [0.2, 0.25) is 5.91 Å². The average molecular weight is 399 g/mol. The van der Waals surface area contributed by atoms with Crippen LogP contribution in [0.3, 0.4) is 0 Å². The highest BCUT2D eigenvalue weighted by Crippen LogP contribution is 2.12. The molecule has 1 atom stereocenters. The minimum absolute atomic E-state index is 0. The summed E-state index contributed by atoms with van der Waals surface area (Å²) in [5.74, 6) is -0.452. The van der Waals surface area contributed by atoms with E-state index in [9.17, 15) is 9.59 Å². The van der Waals surface area contributed by atoms with Crippen molar-refractivity contribution in [1.29, 1.82) is 0 Å². The van der Waals surface area contributed by atoms with E-state index in [2.05, 4.69) is 20.9 Å². The van der Waals surface area contributed by atoms with Crippen molar-refractivity contribution < 1.29 is 9.59 Å². The van der Waals surface area contributed by atoms with Crippen LogP contribution < -0.4 is 16.0 Å². The van der Waals surface area contributed by atoms with Gasteiger partial charge < -0.3 is 16.0 Å². The molecule has 6 nitrogen and oxygen atoms in total. The second-order valence-corrected chi connectivity index (χ2v) is 5.53. The largest absolute Gasteiger partial charge is 0.346 e. The lowest BCUT2D eigenvalue weighted by atomic mass is 10.1. The Morgan fingerprint density at radius 2 is 1.88 bits per heavy atom. The summed E-state index contributed by atoms with van der Waals surface area (Å²) in [5.41, 5.74) is 1.88. The molecule has 0 fully saturated rings. The highest BCUT2D eigenvalue weighted by molar-refractivity contribution is 5.97. The number of rotatable bonds is 7. The minimum Gasteiger partial charge on any atom is -0.346 e. The average Bonchev–Trinajstić information content (AvgIpc) is 2.61. The molecule has 0 saturated heterocycles. The lowest BCUT2D eigenvalue weighted by molar-refractivity contribution is -0.119. The first-order valence-electron chi connectivity index (χ1n) is 7.84. The highest BCUT2D eigenvalue weighted by atomic mass is 35.5.